The largest absolute Gasteiger partial charge is 0.481 e. The molecule has 1 aromatic carbocycles. The molecule has 0 amide bonds. The zero-order valence-electron chi connectivity index (χ0n) is 11.8. The third-order valence-corrected chi connectivity index (χ3v) is 3.29. The number of hydrogen-bond acceptors (Lipinski definition) is 2. The minimum atomic E-state index is -0.762. The normalized spacial score (nSPS) is 12.3. The fourth-order valence-corrected chi connectivity index (χ4v) is 2.32. The molecule has 0 fully saturated rings. The monoisotopic (exact) mass is 269 g/mol. The Morgan fingerprint density at radius 2 is 1.95 bits per heavy atom. The van der Waals surface area contributed by atoms with Crippen molar-refractivity contribution in [2.24, 2.45) is 5.92 Å². The lowest BCUT2D eigenvalue weighted by molar-refractivity contribution is -0.139. The van der Waals surface area contributed by atoms with Gasteiger partial charge in [0.05, 0.1) is 5.92 Å². The molecule has 2 aromatic rings. The van der Waals surface area contributed by atoms with Crippen LogP contribution >= 0.6 is 0 Å². The Labute approximate surface area is 119 Å². The number of carbonyl (C=O) groups is 1. The van der Waals surface area contributed by atoms with Gasteiger partial charge in [-0.05, 0) is 35.1 Å². The predicted octanol–water partition coefficient (Wildman–Crippen LogP) is 3.96. The van der Waals surface area contributed by atoms with Crippen molar-refractivity contribution in [3.8, 4) is 11.1 Å². The molecule has 0 spiro atoms. The zero-order valence-corrected chi connectivity index (χ0v) is 11.8. The summed E-state index contributed by atoms with van der Waals surface area (Å²) in [5, 5.41) is 9.42. The van der Waals surface area contributed by atoms with Crippen molar-refractivity contribution in [1.29, 1.82) is 0 Å². The first-order valence-corrected chi connectivity index (χ1v) is 6.81. The van der Waals surface area contributed by atoms with Gasteiger partial charge in [-0.15, -0.1) is 0 Å². The second-order valence-corrected chi connectivity index (χ2v) is 5.39. The number of pyridine rings is 1. The molecule has 1 unspecified atom stereocenters. The topological polar surface area (TPSA) is 50.2 Å². The molecule has 1 atom stereocenters. The molecule has 1 aromatic heterocycles. The highest BCUT2D eigenvalue weighted by atomic mass is 16.4. The molecule has 104 valence electrons. The highest BCUT2D eigenvalue weighted by Crippen LogP contribution is 2.28. The molecule has 0 saturated carbocycles. The lowest BCUT2D eigenvalue weighted by atomic mass is 9.89. The number of aromatic nitrogens is 1. The summed E-state index contributed by atoms with van der Waals surface area (Å²) in [7, 11) is 0. The molecule has 3 nitrogen and oxygen atoms in total. The van der Waals surface area contributed by atoms with E-state index in [1.165, 1.54) is 0 Å². The molecule has 0 saturated heterocycles. The SMILES string of the molecule is CC(C)CC(C(=O)O)c1cccc(-c2cccnc2)c1. The average molecular weight is 269 g/mol. The number of nitrogens with zero attached hydrogens (tertiary/aromatic N) is 1. The summed E-state index contributed by atoms with van der Waals surface area (Å²) >= 11 is 0. The molecule has 1 heterocycles. The van der Waals surface area contributed by atoms with E-state index in [0.29, 0.717) is 12.3 Å². The van der Waals surface area contributed by atoms with Gasteiger partial charge < -0.3 is 5.11 Å². The Morgan fingerprint density at radius 1 is 1.20 bits per heavy atom. The molecule has 0 aliphatic carbocycles. The van der Waals surface area contributed by atoms with Gasteiger partial charge in [-0.3, -0.25) is 9.78 Å². The van der Waals surface area contributed by atoms with Crippen LogP contribution in [0.15, 0.2) is 48.8 Å². The molecule has 2 rings (SSSR count). The number of hydrogen-bond donors (Lipinski definition) is 1. The van der Waals surface area contributed by atoms with Gasteiger partial charge in [-0.25, -0.2) is 0 Å². The molecule has 1 N–H and O–H groups in total. The van der Waals surface area contributed by atoms with Crippen molar-refractivity contribution < 1.29 is 9.90 Å². The van der Waals surface area contributed by atoms with Gasteiger partial charge in [0.15, 0.2) is 0 Å². The van der Waals surface area contributed by atoms with Crippen LogP contribution < -0.4 is 0 Å². The van der Waals surface area contributed by atoms with Crippen LogP contribution in [-0.2, 0) is 4.79 Å². The summed E-state index contributed by atoms with van der Waals surface area (Å²) in [6, 6.07) is 11.6. The fourth-order valence-electron chi connectivity index (χ4n) is 2.32. The average Bonchev–Trinajstić information content (AvgIpc) is 2.45. The van der Waals surface area contributed by atoms with Gasteiger partial charge in [0.2, 0.25) is 0 Å². The summed E-state index contributed by atoms with van der Waals surface area (Å²) < 4.78 is 0. The third kappa shape index (κ3) is 3.44. The quantitative estimate of drug-likeness (QED) is 0.893. The first kappa shape index (κ1) is 14.3. The van der Waals surface area contributed by atoms with E-state index in [1.54, 1.807) is 12.4 Å². The number of aliphatic carboxylic acids is 1. The summed E-state index contributed by atoms with van der Waals surface area (Å²) in [5.41, 5.74) is 2.86. The second kappa shape index (κ2) is 6.33. The fraction of sp³-hybridized carbons (Fsp3) is 0.294. The summed E-state index contributed by atoms with van der Waals surface area (Å²) in [6.07, 6.45) is 4.16. The molecule has 3 heteroatoms. The number of carboxylic acid groups (broad SMARTS) is 1. The molecule has 0 aliphatic heterocycles. The number of benzene rings is 1. The van der Waals surface area contributed by atoms with Gasteiger partial charge in [0.1, 0.15) is 0 Å². The van der Waals surface area contributed by atoms with Crippen LogP contribution in [0, 0.1) is 5.92 Å². The van der Waals surface area contributed by atoms with E-state index >= 15 is 0 Å². The van der Waals surface area contributed by atoms with E-state index in [0.717, 1.165) is 16.7 Å². The van der Waals surface area contributed by atoms with E-state index in [4.69, 9.17) is 0 Å². The molecule has 20 heavy (non-hydrogen) atoms. The Kier molecular flexibility index (Phi) is 4.51. The van der Waals surface area contributed by atoms with Gasteiger partial charge in [0.25, 0.3) is 0 Å². The molecule has 0 radical (unpaired) electrons. The van der Waals surface area contributed by atoms with Crippen LogP contribution in [0.25, 0.3) is 11.1 Å². The molecular formula is C17H19NO2. The van der Waals surface area contributed by atoms with Crippen LogP contribution in [0.2, 0.25) is 0 Å². The second-order valence-electron chi connectivity index (χ2n) is 5.39. The van der Waals surface area contributed by atoms with E-state index in [1.807, 2.05) is 50.2 Å². The molecule has 0 bridgehead atoms. The van der Waals surface area contributed by atoms with E-state index in [9.17, 15) is 9.90 Å². The lowest BCUT2D eigenvalue weighted by Crippen LogP contribution is -2.14. The van der Waals surface area contributed by atoms with Crippen LogP contribution in [0.4, 0.5) is 0 Å². The number of carboxylic acids is 1. The smallest absolute Gasteiger partial charge is 0.310 e. The van der Waals surface area contributed by atoms with Crippen molar-refractivity contribution in [2.75, 3.05) is 0 Å². The van der Waals surface area contributed by atoms with Gasteiger partial charge >= 0.3 is 5.97 Å². The summed E-state index contributed by atoms with van der Waals surface area (Å²) in [6.45, 7) is 4.09. The minimum Gasteiger partial charge on any atom is -0.481 e. The summed E-state index contributed by atoms with van der Waals surface area (Å²) in [4.78, 5) is 15.6. The van der Waals surface area contributed by atoms with Gasteiger partial charge in [0, 0.05) is 12.4 Å². The first-order chi connectivity index (χ1) is 9.58. The number of rotatable bonds is 5. The lowest BCUT2D eigenvalue weighted by Gasteiger charge is -2.16. The van der Waals surface area contributed by atoms with Crippen LogP contribution in [-0.4, -0.2) is 16.1 Å². The zero-order chi connectivity index (χ0) is 14.5. The van der Waals surface area contributed by atoms with Crippen molar-refractivity contribution in [2.45, 2.75) is 26.2 Å². The van der Waals surface area contributed by atoms with Gasteiger partial charge in [-0.1, -0.05) is 44.2 Å². The highest BCUT2D eigenvalue weighted by Gasteiger charge is 2.21. The maximum atomic E-state index is 11.5. The predicted molar refractivity (Wildman–Crippen MR) is 79.5 cm³/mol. The molecular weight excluding hydrogens is 250 g/mol. The van der Waals surface area contributed by atoms with Crippen molar-refractivity contribution in [3.05, 3.63) is 54.4 Å². The summed E-state index contributed by atoms with van der Waals surface area (Å²) in [5.74, 6) is -0.869. The maximum absolute atomic E-state index is 11.5. The highest BCUT2D eigenvalue weighted by molar-refractivity contribution is 5.77. The van der Waals surface area contributed by atoms with E-state index < -0.39 is 11.9 Å². The Morgan fingerprint density at radius 3 is 2.55 bits per heavy atom. The maximum Gasteiger partial charge on any atom is 0.310 e. The Hall–Kier alpha value is -2.16. The third-order valence-electron chi connectivity index (χ3n) is 3.29. The Balaban J connectivity index is 2.35. The minimum absolute atomic E-state index is 0.346. The first-order valence-electron chi connectivity index (χ1n) is 6.81. The van der Waals surface area contributed by atoms with Crippen LogP contribution in [0.5, 0.6) is 0 Å². The van der Waals surface area contributed by atoms with Crippen molar-refractivity contribution in [3.63, 3.8) is 0 Å². The van der Waals surface area contributed by atoms with E-state index in [-0.39, 0.29) is 0 Å². The van der Waals surface area contributed by atoms with Gasteiger partial charge in [-0.2, -0.15) is 0 Å². The molecule has 0 aliphatic rings. The van der Waals surface area contributed by atoms with Crippen molar-refractivity contribution >= 4 is 5.97 Å². The van der Waals surface area contributed by atoms with Crippen molar-refractivity contribution in [1.82, 2.24) is 4.98 Å². The standard InChI is InChI=1S/C17H19NO2/c1-12(2)9-16(17(19)20)14-6-3-5-13(10-14)15-7-4-8-18-11-15/h3-8,10-12,16H,9H2,1-2H3,(H,19,20). The van der Waals surface area contributed by atoms with E-state index in [2.05, 4.69) is 4.98 Å². The van der Waals surface area contributed by atoms with Crippen LogP contribution in [0.1, 0.15) is 31.7 Å². The van der Waals surface area contributed by atoms with Crippen LogP contribution in [0.3, 0.4) is 0 Å². The Bertz CT molecular complexity index is 579.